The summed E-state index contributed by atoms with van der Waals surface area (Å²) in [5.74, 6) is 0.428. The lowest BCUT2D eigenvalue weighted by atomic mass is 10.2. The smallest absolute Gasteiger partial charge is 0.346 e. The Balaban J connectivity index is 1.49. The third kappa shape index (κ3) is 3.47. The monoisotopic (exact) mass is 356 g/mol. The van der Waals surface area contributed by atoms with E-state index >= 15 is 0 Å². The van der Waals surface area contributed by atoms with Gasteiger partial charge in [-0.05, 0) is 24.3 Å². The van der Waals surface area contributed by atoms with Crippen LogP contribution in [0.25, 0.3) is 10.2 Å². The fourth-order valence-corrected chi connectivity index (χ4v) is 3.71. The molecule has 0 unspecified atom stereocenters. The molecule has 1 aromatic carbocycles. The topological polar surface area (TPSA) is 65.8 Å². The van der Waals surface area contributed by atoms with Gasteiger partial charge in [-0.25, -0.2) is 14.8 Å². The zero-order valence-electron chi connectivity index (χ0n) is 13.6. The molecule has 0 aliphatic carbocycles. The van der Waals surface area contributed by atoms with Crippen molar-refractivity contribution in [2.24, 2.45) is 0 Å². The molecule has 2 aromatic heterocycles. The zero-order chi connectivity index (χ0) is 17.1. The van der Waals surface area contributed by atoms with E-state index in [4.69, 9.17) is 9.47 Å². The van der Waals surface area contributed by atoms with Gasteiger partial charge in [-0.2, -0.15) is 0 Å². The van der Waals surface area contributed by atoms with Crippen LogP contribution in [0.15, 0.2) is 42.6 Å². The molecule has 1 aliphatic rings. The van der Waals surface area contributed by atoms with Crippen molar-refractivity contribution in [3.05, 3.63) is 53.2 Å². The molecule has 4 rings (SSSR count). The van der Waals surface area contributed by atoms with E-state index in [0.717, 1.165) is 34.1 Å². The predicted octanol–water partition coefficient (Wildman–Crippen LogP) is 2.30. The van der Waals surface area contributed by atoms with E-state index in [1.807, 2.05) is 30.5 Å². The molecule has 0 saturated carbocycles. The molecule has 0 amide bonds. The highest BCUT2D eigenvalue weighted by Crippen LogP contribution is 2.23. The number of nitrogens with one attached hydrogen (secondary N) is 1. The largest absolute Gasteiger partial charge is 0.454 e. The third-order valence-electron chi connectivity index (χ3n) is 4.05. The number of nitrogens with zero attached hydrogens (tertiary/aromatic N) is 2. The molecular weight excluding hydrogens is 338 g/mol. The van der Waals surface area contributed by atoms with Gasteiger partial charge in [0.15, 0.2) is 0 Å². The summed E-state index contributed by atoms with van der Waals surface area (Å²) >= 11 is 1.54. The molecule has 0 radical (unpaired) electrons. The van der Waals surface area contributed by atoms with Gasteiger partial charge in [0.05, 0.1) is 29.6 Å². The van der Waals surface area contributed by atoms with E-state index in [0.29, 0.717) is 18.8 Å². The van der Waals surface area contributed by atoms with Gasteiger partial charge in [0.1, 0.15) is 30.3 Å². The summed E-state index contributed by atoms with van der Waals surface area (Å²) in [6.07, 6.45) is 1.81. The van der Waals surface area contributed by atoms with Crippen LogP contribution in [0, 0.1) is 0 Å². The molecular formula is C18H18N3O3S+. The number of aromatic amines is 1. The van der Waals surface area contributed by atoms with Crippen LogP contribution in [0.4, 0.5) is 5.82 Å². The van der Waals surface area contributed by atoms with E-state index in [1.54, 1.807) is 23.5 Å². The molecule has 25 heavy (non-hydrogen) atoms. The number of morpholine rings is 1. The number of para-hydroxylation sites is 1. The number of anilines is 1. The van der Waals surface area contributed by atoms with E-state index in [-0.39, 0.29) is 12.6 Å². The fraction of sp³-hybridized carbons (Fsp3) is 0.278. The minimum Gasteiger partial charge on any atom is -0.454 e. The Bertz CT molecular complexity index is 857. The van der Waals surface area contributed by atoms with Gasteiger partial charge in [-0.15, -0.1) is 11.3 Å². The highest BCUT2D eigenvalue weighted by atomic mass is 32.1. The molecule has 7 heteroatoms. The van der Waals surface area contributed by atoms with Gasteiger partial charge in [0.25, 0.3) is 5.82 Å². The zero-order valence-corrected chi connectivity index (χ0v) is 14.4. The molecule has 0 bridgehead atoms. The number of pyridine rings is 1. The Kier molecular flexibility index (Phi) is 4.58. The van der Waals surface area contributed by atoms with E-state index in [9.17, 15) is 4.79 Å². The lowest BCUT2D eigenvalue weighted by molar-refractivity contribution is -0.364. The molecule has 0 atom stereocenters. The molecule has 1 saturated heterocycles. The molecule has 0 spiro atoms. The van der Waals surface area contributed by atoms with Crippen molar-refractivity contribution in [3.63, 3.8) is 0 Å². The van der Waals surface area contributed by atoms with Crippen molar-refractivity contribution >= 4 is 33.3 Å². The van der Waals surface area contributed by atoms with Crippen molar-refractivity contribution in [1.29, 1.82) is 0 Å². The Morgan fingerprint density at radius 1 is 1.24 bits per heavy atom. The minimum atomic E-state index is -0.349. The number of hydrogen-bond donors (Lipinski definition) is 0. The number of carbonyl (C=O) groups excluding carboxylic acids is 1. The molecule has 128 valence electrons. The van der Waals surface area contributed by atoms with Gasteiger partial charge >= 0.3 is 5.97 Å². The van der Waals surface area contributed by atoms with Crippen LogP contribution in [-0.2, 0) is 16.1 Å². The van der Waals surface area contributed by atoms with Crippen LogP contribution in [0.2, 0.25) is 0 Å². The number of carbonyl (C=O) groups is 1. The standard InChI is InChI=1S/C18H17N3O3S/c22-18(24-12-16-20-14-5-1-2-6-15(14)25-16)13-4-3-7-19-17(13)21-8-10-23-11-9-21/h1-7H,8-12H2/p+1. The Labute approximate surface area is 149 Å². The molecule has 3 heterocycles. The number of esters is 1. The first-order chi connectivity index (χ1) is 12.3. The highest BCUT2D eigenvalue weighted by molar-refractivity contribution is 7.18. The summed E-state index contributed by atoms with van der Waals surface area (Å²) in [7, 11) is 0. The van der Waals surface area contributed by atoms with Gasteiger partial charge in [-0.1, -0.05) is 12.1 Å². The summed E-state index contributed by atoms with van der Waals surface area (Å²) in [6, 6.07) is 11.5. The van der Waals surface area contributed by atoms with Crippen LogP contribution >= 0.6 is 11.3 Å². The van der Waals surface area contributed by atoms with Crippen molar-refractivity contribution in [3.8, 4) is 0 Å². The Morgan fingerprint density at radius 2 is 2.08 bits per heavy atom. The Morgan fingerprint density at radius 3 is 2.92 bits per heavy atom. The Hall–Kier alpha value is -2.51. The van der Waals surface area contributed by atoms with Crippen molar-refractivity contribution in [2.45, 2.75) is 6.61 Å². The van der Waals surface area contributed by atoms with Crippen LogP contribution < -0.4 is 9.88 Å². The summed E-state index contributed by atoms with van der Waals surface area (Å²) in [6.45, 7) is 2.98. The number of aromatic nitrogens is 2. The van der Waals surface area contributed by atoms with Crippen LogP contribution in [-0.4, -0.2) is 37.3 Å². The first-order valence-corrected chi connectivity index (χ1v) is 8.98. The number of ether oxygens (including phenoxy) is 2. The molecule has 6 nitrogen and oxygen atoms in total. The second kappa shape index (κ2) is 7.16. The summed E-state index contributed by atoms with van der Waals surface area (Å²) in [5.41, 5.74) is 1.46. The number of fused-ring (bicyclic) bond motifs is 1. The highest BCUT2D eigenvalue weighted by Gasteiger charge is 2.26. The first-order valence-electron chi connectivity index (χ1n) is 8.16. The molecule has 1 fully saturated rings. The van der Waals surface area contributed by atoms with Crippen molar-refractivity contribution in [2.75, 3.05) is 31.2 Å². The average molecular weight is 356 g/mol. The predicted molar refractivity (Wildman–Crippen MR) is 94.8 cm³/mol. The maximum Gasteiger partial charge on any atom is 0.346 e. The maximum atomic E-state index is 12.6. The van der Waals surface area contributed by atoms with E-state index < -0.39 is 0 Å². The van der Waals surface area contributed by atoms with Crippen LogP contribution in [0.3, 0.4) is 0 Å². The average Bonchev–Trinajstić information content (AvgIpc) is 3.10. The minimum absolute atomic E-state index is 0.176. The van der Waals surface area contributed by atoms with Crippen molar-refractivity contribution in [1.82, 2.24) is 4.98 Å². The molecule has 1 aliphatic heterocycles. The fourth-order valence-electron chi connectivity index (χ4n) is 2.83. The summed E-state index contributed by atoms with van der Waals surface area (Å²) < 4.78 is 12.0. The number of rotatable bonds is 4. The summed E-state index contributed by atoms with van der Waals surface area (Å²) in [4.78, 5) is 22.3. The number of benzene rings is 1. The molecule has 3 aromatic rings. The summed E-state index contributed by atoms with van der Waals surface area (Å²) in [5, 5.41) is 0.794. The number of hydrogen-bond acceptors (Lipinski definition) is 6. The number of H-pyrrole nitrogens is 1. The second-order valence-electron chi connectivity index (χ2n) is 5.68. The normalized spacial score (nSPS) is 14.6. The molecule has 1 N–H and O–H groups in total. The van der Waals surface area contributed by atoms with E-state index in [1.165, 1.54) is 0 Å². The van der Waals surface area contributed by atoms with Gasteiger partial charge in [0.2, 0.25) is 0 Å². The van der Waals surface area contributed by atoms with Crippen LogP contribution in [0.1, 0.15) is 15.4 Å². The van der Waals surface area contributed by atoms with Gasteiger partial charge in [0, 0.05) is 0 Å². The third-order valence-corrected chi connectivity index (χ3v) is 5.06. The number of thiazole rings is 1. The quantitative estimate of drug-likeness (QED) is 0.671. The lowest BCUT2D eigenvalue weighted by Gasteiger charge is -2.22. The lowest BCUT2D eigenvalue weighted by Crippen LogP contribution is -2.40. The first kappa shape index (κ1) is 16.0. The van der Waals surface area contributed by atoms with Gasteiger partial charge < -0.3 is 9.47 Å². The SMILES string of the molecule is O=C(OCc1nc2ccccc2s1)c1ccc[nH+]c1N1CCOCC1. The van der Waals surface area contributed by atoms with Crippen molar-refractivity contribution < 1.29 is 19.3 Å². The maximum absolute atomic E-state index is 12.6. The van der Waals surface area contributed by atoms with Crippen LogP contribution in [0.5, 0.6) is 0 Å². The van der Waals surface area contributed by atoms with Gasteiger partial charge in [-0.3, -0.25) is 4.90 Å². The van der Waals surface area contributed by atoms with E-state index in [2.05, 4.69) is 14.9 Å². The second-order valence-corrected chi connectivity index (χ2v) is 6.80.